The minimum absolute atomic E-state index is 0.109. The monoisotopic (exact) mass is 729 g/mol. The molecule has 8 unspecified atom stereocenters. The average Bonchev–Trinajstić information content (AvgIpc) is 3.75. The molecule has 0 saturated heterocycles. The van der Waals surface area contributed by atoms with Gasteiger partial charge in [-0.3, -0.25) is 0 Å². The van der Waals surface area contributed by atoms with E-state index in [0.29, 0.717) is 5.92 Å². The maximum atomic E-state index is 6.84. The first kappa shape index (κ1) is 33.1. The highest BCUT2D eigenvalue weighted by Crippen LogP contribution is 2.73. The van der Waals surface area contributed by atoms with Crippen molar-refractivity contribution in [2.24, 2.45) is 23.7 Å². The third kappa shape index (κ3) is 4.13. The summed E-state index contributed by atoms with van der Waals surface area (Å²) in [6, 6.07) is 43.1. The van der Waals surface area contributed by atoms with Gasteiger partial charge in [0.05, 0.1) is 5.54 Å². The molecule has 5 aromatic carbocycles. The second-order valence-electron chi connectivity index (χ2n) is 18.7. The zero-order valence-electron chi connectivity index (χ0n) is 33.2. The summed E-state index contributed by atoms with van der Waals surface area (Å²) in [5, 5.41) is 2.41. The van der Waals surface area contributed by atoms with Gasteiger partial charge in [0.25, 0.3) is 0 Å². The van der Waals surface area contributed by atoms with Crippen LogP contribution >= 0.6 is 0 Å². The van der Waals surface area contributed by atoms with Gasteiger partial charge in [0.15, 0.2) is 0 Å². The van der Waals surface area contributed by atoms with Gasteiger partial charge in [-0.25, -0.2) is 0 Å². The predicted octanol–water partition coefficient (Wildman–Crippen LogP) is 14.1. The van der Waals surface area contributed by atoms with Crippen LogP contribution in [-0.4, -0.2) is 5.54 Å². The van der Waals surface area contributed by atoms with Gasteiger partial charge in [-0.15, -0.1) is 0 Å². The third-order valence-electron chi connectivity index (χ3n) is 16.0. The topological polar surface area (TPSA) is 16.4 Å². The standard InChI is InChI=1S/C54H51NO/c1-5-34-30-35-25-26-54(38(31-34)32-35)42-17-12-19-45-47(42)48-44(54)29-33(2)49-50(48)53(4,55(45)39-23-21-37(22-24-39)36-13-7-6-8-14-36)28-27-52(49,3)43-18-11-16-41-40-15-9-10-20-46(40)56-51(41)43/h6-24,27-29,33-35,38,48H,5,25-26,30-32H2,1-4H3. The van der Waals surface area contributed by atoms with Crippen molar-refractivity contribution in [3.63, 3.8) is 0 Å². The third-order valence-corrected chi connectivity index (χ3v) is 16.0. The molecule has 8 atom stereocenters. The molecule has 1 spiro atoms. The Hall–Kier alpha value is -5.08. The summed E-state index contributed by atoms with van der Waals surface area (Å²) >= 11 is 0. The quantitative estimate of drug-likeness (QED) is 0.168. The second-order valence-corrected chi connectivity index (χ2v) is 18.7. The molecule has 56 heavy (non-hydrogen) atoms. The Bertz CT molecular complexity index is 2690. The lowest BCUT2D eigenvalue weighted by Crippen LogP contribution is -2.54. The fourth-order valence-corrected chi connectivity index (χ4v) is 13.7. The molecule has 0 N–H and O–H groups in total. The number of hydrogen-bond acceptors (Lipinski definition) is 2. The van der Waals surface area contributed by atoms with Crippen molar-refractivity contribution < 1.29 is 4.42 Å². The van der Waals surface area contributed by atoms with Crippen molar-refractivity contribution in [3.05, 3.63) is 167 Å². The van der Waals surface area contributed by atoms with E-state index in [1.54, 1.807) is 27.8 Å². The summed E-state index contributed by atoms with van der Waals surface area (Å²) in [7, 11) is 0. The molecule has 0 radical (unpaired) electrons. The van der Waals surface area contributed by atoms with E-state index in [9.17, 15) is 0 Å². The van der Waals surface area contributed by atoms with Crippen molar-refractivity contribution >= 4 is 33.3 Å². The molecule has 0 amide bonds. The number of nitrogens with zero attached hydrogens (tertiary/aromatic N) is 1. The molecule has 2 fully saturated rings. The first-order valence-corrected chi connectivity index (χ1v) is 21.5. The van der Waals surface area contributed by atoms with Crippen LogP contribution in [0.25, 0.3) is 33.1 Å². The summed E-state index contributed by atoms with van der Waals surface area (Å²) in [6.45, 7) is 9.99. The minimum atomic E-state index is -0.351. The van der Waals surface area contributed by atoms with Crippen LogP contribution in [0.4, 0.5) is 11.4 Å². The van der Waals surface area contributed by atoms with E-state index < -0.39 is 0 Å². The van der Waals surface area contributed by atoms with E-state index in [-0.39, 0.29) is 28.2 Å². The number of furan rings is 1. The van der Waals surface area contributed by atoms with Crippen LogP contribution in [0, 0.1) is 23.7 Å². The molecule has 5 aliphatic carbocycles. The first-order chi connectivity index (χ1) is 27.3. The van der Waals surface area contributed by atoms with Crippen LogP contribution in [0.5, 0.6) is 0 Å². The molecule has 278 valence electrons. The van der Waals surface area contributed by atoms with Crippen molar-refractivity contribution in [2.75, 3.05) is 4.90 Å². The Kier molecular flexibility index (Phi) is 6.80. The van der Waals surface area contributed by atoms with E-state index in [0.717, 1.165) is 23.0 Å². The molecular formula is C54H51NO. The maximum absolute atomic E-state index is 6.84. The Morgan fingerprint density at radius 1 is 0.714 bits per heavy atom. The van der Waals surface area contributed by atoms with Crippen molar-refractivity contribution in [1.29, 1.82) is 0 Å². The smallest absolute Gasteiger partial charge is 0.139 e. The number of fused-ring (bicyclic) bond motifs is 8. The number of benzene rings is 5. The average molecular weight is 730 g/mol. The van der Waals surface area contributed by atoms with Crippen LogP contribution in [0.1, 0.15) is 88.8 Å². The van der Waals surface area contributed by atoms with Crippen LogP contribution < -0.4 is 4.90 Å². The van der Waals surface area contributed by atoms with Crippen LogP contribution in [0.2, 0.25) is 0 Å². The highest BCUT2D eigenvalue weighted by molar-refractivity contribution is 6.06. The fraction of sp³-hybridized carbons (Fsp3) is 0.333. The van der Waals surface area contributed by atoms with E-state index in [4.69, 9.17) is 4.42 Å². The number of hydrogen-bond donors (Lipinski definition) is 0. The largest absolute Gasteiger partial charge is 0.456 e. The number of allylic oxidation sites excluding steroid dienone is 4. The molecule has 2 heteroatoms. The van der Waals surface area contributed by atoms with Gasteiger partial charge in [-0.2, -0.15) is 0 Å². The molecule has 1 aromatic heterocycles. The lowest BCUT2D eigenvalue weighted by atomic mass is 9.50. The van der Waals surface area contributed by atoms with Crippen LogP contribution in [0.15, 0.2) is 155 Å². The zero-order chi connectivity index (χ0) is 37.6. The molecule has 2 nitrogen and oxygen atoms in total. The van der Waals surface area contributed by atoms with Crippen molar-refractivity contribution in [2.45, 2.75) is 88.5 Å². The van der Waals surface area contributed by atoms with Gasteiger partial charge < -0.3 is 9.32 Å². The van der Waals surface area contributed by atoms with Gasteiger partial charge in [-0.1, -0.05) is 135 Å². The van der Waals surface area contributed by atoms with Gasteiger partial charge >= 0.3 is 0 Å². The van der Waals surface area contributed by atoms with Gasteiger partial charge in [0.1, 0.15) is 11.2 Å². The molecule has 1 aliphatic heterocycles. The molecule has 2 saturated carbocycles. The predicted molar refractivity (Wildman–Crippen MR) is 232 cm³/mol. The van der Waals surface area contributed by atoms with E-state index in [2.05, 4.69) is 166 Å². The maximum Gasteiger partial charge on any atom is 0.139 e. The highest BCUT2D eigenvalue weighted by Gasteiger charge is 2.64. The summed E-state index contributed by atoms with van der Waals surface area (Å²) in [4.78, 5) is 2.74. The lowest BCUT2D eigenvalue weighted by molar-refractivity contribution is 0.0747. The second kappa shape index (κ2) is 11.5. The Morgan fingerprint density at radius 2 is 1.46 bits per heavy atom. The molecule has 6 aromatic rings. The highest BCUT2D eigenvalue weighted by atomic mass is 16.3. The van der Waals surface area contributed by atoms with E-state index in [1.807, 2.05) is 0 Å². The van der Waals surface area contributed by atoms with Gasteiger partial charge in [0.2, 0.25) is 0 Å². The Labute approximate surface area is 331 Å². The minimum Gasteiger partial charge on any atom is -0.456 e. The van der Waals surface area contributed by atoms with Gasteiger partial charge in [0, 0.05) is 44.5 Å². The van der Waals surface area contributed by atoms with Gasteiger partial charge in [-0.05, 0) is 127 Å². The van der Waals surface area contributed by atoms with Crippen LogP contribution in [-0.2, 0) is 10.8 Å². The molecule has 6 aliphatic rings. The van der Waals surface area contributed by atoms with Crippen molar-refractivity contribution in [1.82, 2.24) is 0 Å². The number of rotatable bonds is 4. The summed E-state index contributed by atoms with van der Waals surface area (Å²) in [5.74, 6) is 3.00. The molecule has 12 rings (SSSR count). The first-order valence-electron chi connectivity index (χ1n) is 21.5. The van der Waals surface area contributed by atoms with Crippen molar-refractivity contribution in [3.8, 4) is 11.1 Å². The SMILES string of the molecule is CCC1CC2CCC3(C4=CC(C)C5=C6C4c4c(cccc43)N(c3ccc(-c4ccccc4)cc3)C6(C)C=CC5(C)c3cccc4c3oc3ccccc34)C(C1)C2. The number of para-hydroxylation sites is 2. The summed E-state index contributed by atoms with van der Waals surface area (Å²) in [6.07, 6.45) is 16.1. The molecule has 2 heterocycles. The van der Waals surface area contributed by atoms with E-state index in [1.165, 1.54) is 77.4 Å². The number of anilines is 2. The summed E-state index contributed by atoms with van der Waals surface area (Å²) < 4.78 is 6.84. The fourth-order valence-electron chi connectivity index (χ4n) is 13.7. The van der Waals surface area contributed by atoms with E-state index >= 15 is 0 Å². The van der Waals surface area contributed by atoms with Crippen LogP contribution in [0.3, 0.4) is 0 Å². The molecular weight excluding hydrogens is 679 g/mol. The normalized spacial score (nSPS) is 32.3. The Morgan fingerprint density at radius 3 is 2.30 bits per heavy atom. The lowest BCUT2D eigenvalue weighted by Gasteiger charge is -2.57. The summed E-state index contributed by atoms with van der Waals surface area (Å²) in [5.41, 5.74) is 16.0. The Balaban J connectivity index is 1.12. The molecule has 2 bridgehead atoms. The zero-order valence-corrected chi connectivity index (χ0v) is 33.2.